The zero-order valence-corrected chi connectivity index (χ0v) is 20.6. The monoisotopic (exact) mass is 475 g/mol. The fraction of sp³-hybridized carbons (Fsp3) is 0.385. The molecule has 0 saturated carbocycles. The van der Waals surface area contributed by atoms with Crippen molar-refractivity contribution in [2.24, 2.45) is 0 Å². The maximum atomic E-state index is 12.9. The standard InChI is InChI=1S/C26H29N5O2S/c1-17(20-7-5-4-6-8-20)13-24(32)29-26-22(14-27)21-9-11-31(16-23(21)34-26)25(33)10-12-30-15-18(2)28-19(30)3/h4-8,15,17H,9-13,16H2,1-3H3,(H,29,32)/t17-/m1/s1. The average Bonchev–Trinajstić information content (AvgIpc) is 3.34. The maximum Gasteiger partial charge on any atom is 0.225 e. The van der Waals surface area contributed by atoms with Crippen molar-refractivity contribution in [3.63, 3.8) is 0 Å². The second-order valence-corrected chi connectivity index (χ2v) is 9.93. The van der Waals surface area contributed by atoms with Gasteiger partial charge < -0.3 is 14.8 Å². The number of aryl methyl sites for hydroxylation is 3. The van der Waals surface area contributed by atoms with Gasteiger partial charge in [0.2, 0.25) is 11.8 Å². The minimum absolute atomic E-state index is 0.0809. The summed E-state index contributed by atoms with van der Waals surface area (Å²) in [7, 11) is 0. The largest absolute Gasteiger partial charge is 0.337 e. The number of amides is 2. The van der Waals surface area contributed by atoms with Crippen molar-refractivity contribution < 1.29 is 9.59 Å². The first-order chi connectivity index (χ1) is 16.4. The van der Waals surface area contributed by atoms with E-state index in [0.717, 1.165) is 27.5 Å². The fourth-order valence-electron chi connectivity index (χ4n) is 4.45. The molecule has 4 rings (SSSR count). The molecule has 0 spiro atoms. The lowest BCUT2D eigenvalue weighted by Gasteiger charge is -2.27. The summed E-state index contributed by atoms with van der Waals surface area (Å²) in [5, 5.41) is 13.3. The predicted octanol–water partition coefficient (Wildman–Crippen LogP) is 4.54. The van der Waals surface area contributed by atoms with Crippen LogP contribution in [-0.4, -0.2) is 32.8 Å². The maximum absolute atomic E-state index is 12.9. The molecule has 3 heterocycles. The Morgan fingerprint density at radius 1 is 1.26 bits per heavy atom. The van der Waals surface area contributed by atoms with Gasteiger partial charge in [0.25, 0.3) is 0 Å². The van der Waals surface area contributed by atoms with Crippen molar-refractivity contribution in [1.82, 2.24) is 14.5 Å². The highest BCUT2D eigenvalue weighted by molar-refractivity contribution is 7.16. The molecule has 3 aromatic rings. The number of benzene rings is 1. The number of thiophene rings is 1. The summed E-state index contributed by atoms with van der Waals surface area (Å²) < 4.78 is 2.01. The molecule has 2 aromatic heterocycles. The Bertz CT molecular complexity index is 1240. The number of hydrogen-bond donors (Lipinski definition) is 1. The minimum atomic E-state index is -0.106. The third kappa shape index (κ3) is 5.20. The molecule has 0 radical (unpaired) electrons. The number of nitrogens with zero attached hydrogens (tertiary/aromatic N) is 4. The first-order valence-corrected chi connectivity index (χ1v) is 12.3. The van der Waals surface area contributed by atoms with Gasteiger partial charge in [0, 0.05) is 37.0 Å². The van der Waals surface area contributed by atoms with Crippen LogP contribution in [0.4, 0.5) is 5.00 Å². The number of imidazole rings is 1. The highest BCUT2D eigenvalue weighted by atomic mass is 32.1. The van der Waals surface area contributed by atoms with Crippen LogP contribution < -0.4 is 5.32 Å². The zero-order valence-electron chi connectivity index (χ0n) is 19.8. The highest BCUT2D eigenvalue weighted by Crippen LogP contribution is 2.37. The first kappa shape index (κ1) is 23.7. The van der Waals surface area contributed by atoms with Crippen LogP contribution in [0.5, 0.6) is 0 Å². The Balaban J connectivity index is 1.39. The van der Waals surface area contributed by atoms with E-state index in [1.165, 1.54) is 11.3 Å². The Morgan fingerprint density at radius 3 is 2.71 bits per heavy atom. The van der Waals surface area contributed by atoms with E-state index in [-0.39, 0.29) is 17.7 Å². The van der Waals surface area contributed by atoms with E-state index in [9.17, 15) is 14.9 Å². The molecule has 0 fully saturated rings. The molecule has 1 aliphatic rings. The topological polar surface area (TPSA) is 91.0 Å². The third-order valence-electron chi connectivity index (χ3n) is 6.30. The Hall–Kier alpha value is -3.44. The molecule has 1 N–H and O–H groups in total. The predicted molar refractivity (Wildman–Crippen MR) is 133 cm³/mol. The van der Waals surface area contributed by atoms with Crippen molar-refractivity contribution in [2.75, 3.05) is 11.9 Å². The molecule has 8 heteroatoms. The molecule has 7 nitrogen and oxygen atoms in total. The summed E-state index contributed by atoms with van der Waals surface area (Å²) in [4.78, 5) is 32.8. The van der Waals surface area contributed by atoms with E-state index in [2.05, 4.69) is 16.4 Å². The lowest BCUT2D eigenvalue weighted by Crippen LogP contribution is -2.35. The molecule has 1 atom stereocenters. The van der Waals surface area contributed by atoms with Crippen LogP contribution in [0.1, 0.15) is 58.8 Å². The fourth-order valence-corrected chi connectivity index (χ4v) is 5.68. The van der Waals surface area contributed by atoms with E-state index in [1.54, 1.807) is 0 Å². The van der Waals surface area contributed by atoms with Crippen molar-refractivity contribution in [2.45, 2.75) is 59.0 Å². The number of hydrogen-bond acceptors (Lipinski definition) is 5. The molecule has 34 heavy (non-hydrogen) atoms. The number of carbonyl (C=O) groups is 2. The molecular formula is C26H29N5O2S. The Labute approximate surface area is 204 Å². The highest BCUT2D eigenvalue weighted by Gasteiger charge is 2.27. The lowest BCUT2D eigenvalue weighted by atomic mass is 9.97. The smallest absolute Gasteiger partial charge is 0.225 e. The summed E-state index contributed by atoms with van der Waals surface area (Å²) in [6, 6.07) is 12.2. The van der Waals surface area contributed by atoms with Gasteiger partial charge in [-0.3, -0.25) is 9.59 Å². The number of nitrogens with one attached hydrogen (secondary N) is 1. The van der Waals surface area contributed by atoms with Crippen LogP contribution >= 0.6 is 11.3 Å². The number of anilines is 1. The summed E-state index contributed by atoms with van der Waals surface area (Å²) >= 11 is 1.42. The van der Waals surface area contributed by atoms with E-state index >= 15 is 0 Å². The third-order valence-corrected chi connectivity index (χ3v) is 7.43. The van der Waals surface area contributed by atoms with Gasteiger partial charge >= 0.3 is 0 Å². The van der Waals surface area contributed by atoms with Gasteiger partial charge in [-0.25, -0.2) is 4.98 Å². The minimum Gasteiger partial charge on any atom is -0.337 e. The average molecular weight is 476 g/mol. The quantitative estimate of drug-likeness (QED) is 0.543. The van der Waals surface area contributed by atoms with Crippen LogP contribution in [-0.2, 0) is 29.1 Å². The molecule has 176 valence electrons. The van der Waals surface area contributed by atoms with E-state index in [0.29, 0.717) is 49.5 Å². The molecule has 0 aliphatic carbocycles. The number of rotatable bonds is 7. The second-order valence-electron chi connectivity index (χ2n) is 8.82. The van der Waals surface area contributed by atoms with Crippen molar-refractivity contribution >= 4 is 28.2 Å². The number of fused-ring (bicyclic) bond motifs is 1. The number of carbonyl (C=O) groups excluding carboxylic acids is 2. The van der Waals surface area contributed by atoms with Crippen LogP contribution in [0, 0.1) is 25.2 Å². The van der Waals surface area contributed by atoms with Gasteiger partial charge in [0.1, 0.15) is 16.9 Å². The van der Waals surface area contributed by atoms with Gasteiger partial charge in [0.15, 0.2) is 0 Å². The molecule has 1 aromatic carbocycles. The summed E-state index contributed by atoms with van der Waals surface area (Å²) in [5.41, 5.74) is 3.56. The van der Waals surface area contributed by atoms with Crippen LogP contribution in [0.2, 0.25) is 0 Å². The number of aromatic nitrogens is 2. The summed E-state index contributed by atoms with van der Waals surface area (Å²) in [6.45, 7) is 7.57. The van der Waals surface area contributed by atoms with Gasteiger partial charge in [-0.2, -0.15) is 5.26 Å². The van der Waals surface area contributed by atoms with Crippen LogP contribution in [0.3, 0.4) is 0 Å². The van der Waals surface area contributed by atoms with E-state index in [4.69, 9.17) is 0 Å². The molecule has 1 aliphatic heterocycles. The summed E-state index contributed by atoms with van der Waals surface area (Å²) in [6.07, 6.45) is 3.33. The Kier molecular flexibility index (Phi) is 7.13. The molecule has 2 amide bonds. The second kappa shape index (κ2) is 10.2. The van der Waals surface area contributed by atoms with Crippen LogP contribution in [0.15, 0.2) is 36.5 Å². The molecular weight excluding hydrogens is 446 g/mol. The summed E-state index contributed by atoms with van der Waals surface area (Å²) in [5.74, 6) is 0.971. The van der Waals surface area contributed by atoms with Gasteiger partial charge in [-0.05, 0) is 37.3 Å². The number of nitriles is 1. The Morgan fingerprint density at radius 2 is 2.03 bits per heavy atom. The van der Waals surface area contributed by atoms with Gasteiger partial charge in [-0.15, -0.1) is 11.3 Å². The van der Waals surface area contributed by atoms with Crippen molar-refractivity contribution in [3.8, 4) is 6.07 Å². The van der Waals surface area contributed by atoms with E-state index < -0.39 is 0 Å². The zero-order chi connectivity index (χ0) is 24.2. The van der Waals surface area contributed by atoms with Gasteiger partial charge in [0.05, 0.1) is 17.8 Å². The van der Waals surface area contributed by atoms with Crippen LogP contribution in [0.25, 0.3) is 0 Å². The van der Waals surface area contributed by atoms with Crippen molar-refractivity contribution in [3.05, 3.63) is 69.6 Å². The lowest BCUT2D eigenvalue weighted by molar-refractivity contribution is -0.132. The van der Waals surface area contributed by atoms with Gasteiger partial charge in [-0.1, -0.05) is 37.3 Å². The first-order valence-electron chi connectivity index (χ1n) is 11.5. The molecule has 0 bridgehead atoms. The SMILES string of the molecule is Cc1cn(CCC(=O)N2CCc3c(sc(NC(=O)C[C@@H](C)c4ccccc4)c3C#N)C2)c(C)n1. The normalized spacial score (nSPS) is 13.8. The molecule has 0 saturated heterocycles. The van der Waals surface area contributed by atoms with Crippen molar-refractivity contribution in [1.29, 1.82) is 5.26 Å². The van der Waals surface area contributed by atoms with E-state index in [1.807, 2.05) is 66.8 Å². The molecule has 0 unspecified atom stereocenters.